The lowest BCUT2D eigenvalue weighted by atomic mass is 10.2. The third kappa shape index (κ3) is 3.46. The highest BCUT2D eigenvalue weighted by atomic mass is 35.5. The summed E-state index contributed by atoms with van der Waals surface area (Å²) in [5, 5.41) is 0. The van der Waals surface area contributed by atoms with Crippen molar-refractivity contribution in [3.63, 3.8) is 0 Å². The predicted octanol–water partition coefficient (Wildman–Crippen LogP) is 3.59. The van der Waals surface area contributed by atoms with Gasteiger partial charge in [0.05, 0.1) is 5.88 Å². The molecule has 21 heavy (non-hydrogen) atoms. The molecule has 0 aromatic carbocycles. The molecule has 0 radical (unpaired) electrons. The maximum atomic E-state index is 12.9. The topological polar surface area (TPSA) is 42.3 Å². The van der Waals surface area contributed by atoms with Crippen LogP contribution in [0.5, 0.6) is 0 Å². The Bertz CT molecular complexity index is 562. The molecular formula is C15H25ClN2O2S. The van der Waals surface area contributed by atoms with Crippen molar-refractivity contribution in [2.24, 2.45) is 0 Å². The van der Waals surface area contributed by atoms with E-state index in [0.29, 0.717) is 17.3 Å². The molecule has 0 aliphatic heterocycles. The van der Waals surface area contributed by atoms with Crippen molar-refractivity contribution in [3.8, 4) is 0 Å². The molecule has 1 aliphatic carbocycles. The monoisotopic (exact) mass is 332 g/mol. The van der Waals surface area contributed by atoms with Crippen LogP contribution in [0.1, 0.15) is 51.6 Å². The van der Waals surface area contributed by atoms with Crippen molar-refractivity contribution in [2.45, 2.75) is 69.3 Å². The van der Waals surface area contributed by atoms with Crippen LogP contribution in [0, 0.1) is 0 Å². The second-order valence-electron chi connectivity index (χ2n) is 5.64. The maximum Gasteiger partial charge on any atom is 0.244 e. The van der Waals surface area contributed by atoms with E-state index >= 15 is 0 Å². The van der Waals surface area contributed by atoms with Crippen LogP contribution in [0.15, 0.2) is 17.2 Å². The van der Waals surface area contributed by atoms with Crippen molar-refractivity contribution in [1.82, 2.24) is 8.87 Å². The fraction of sp³-hybridized carbons (Fsp3) is 0.733. The summed E-state index contributed by atoms with van der Waals surface area (Å²) in [5.74, 6) is 0.338. The van der Waals surface area contributed by atoms with E-state index in [1.807, 2.05) is 11.5 Å². The van der Waals surface area contributed by atoms with Gasteiger partial charge in [-0.15, -0.1) is 11.6 Å². The third-order valence-electron chi connectivity index (χ3n) is 4.21. The molecule has 0 atom stereocenters. The van der Waals surface area contributed by atoms with E-state index in [1.54, 1.807) is 16.6 Å². The Morgan fingerprint density at radius 2 is 2.00 bits per heavy atom. The van der Waals surface area contributed by atoms with E-state index in [0.717, 1.165) is 44.3 Å². The van der Waals surface area contributed by atoms with E-state index in [2.05, 4.69) is 6.92 Å². The zero-order valence-electron chi connectivity index (χ0n) is 12.9. The number of hydrogen-bond donors (Lipinski definition) is 0. The number of sulfonamides is 1. The highest BCUT2D eigenvalue weighted by Crippen LogP contribution is 2.29. The molecule has 1 aromatic rings. The number of hydrogen-bond acceptors (Lipinski definition) is 2. The molecule has 0 unspecified atom stereocenters. The normalized spacial score (nSPS) is 17.0. The molecule has 2 rings (SSSR count). The first kappa shape index (κ1) is 16.8. The zero-order chi connectivity index (χ0) is 15.5. The first-order chi connectivity index (χ1) is 10.0. The average Bonchev–Trinajstić information content (AvgIpc) is 3.09. The quantitative estimate of drug-likeness (QED) is 0.716. The van der Waals surface area contributed by atoms with Gasteiger partial charge >= 0.3 is 0 Å². The molecule has 1 heterocycles. The standard InChI is InChI=1S/C15H25ClN2O2S/c1-3-9-17-12-15(10-14(17)11-16)21(19,20)18(4-2)13-7-5-6-8-13/h10,12-13H,3-9,11H2,1-2H3. The number of nitrogens with zero attached hydrogens (tertiary/aromatic N) is 2. The van der Waals surface area contributed by atoms with Crippen LogP contribution < -0.4 is 0 Å². The van der Waals surface area contributed by atoms with Gasteiger partial charge < -0.3 is 4.57 Å². The van der Waals surface area contributed by atoms with Crippen molar-refractivity contribution >= 4 is 21.6 Å². The number of rotatable bonds is 7. The summed E-state index contributed by atoms with van der Waals surface area (Å²) in [7, 11) is -3.41. The minimum atomic E-state index is -3.41. The van der Waals surface area contributed by atoms with Crippen LogP contribution in [-0.2, 0) is 22.4 Å². The first-order valence-electron chi connectivity index (χ1n) is 7.81. The van der Waals surface area contributed by atoms with Gasteiger partial charge in [-0.2, -0.15) is 4.31 Å². The van der Waals surface area contributed by atoms with Gasteiger partial charge in [0.25, 0.3) is 0 Å². The Labute approximate surface area is 133 Å². The van der Waals surface area contributed by atoms with Gasteiger partial charge in [0.15, 0.2) is 0 Å². The van der Waals surface area contributed by atoms with Crippen molar-refractivity contribution < 1.29 is 8.42 Å². The van der Waals surface area contributed by atoms with E-state index in [-0.39, 0.29) is 6.04 Å². The average molecular weight is 333 g/mol. The summed E-state index contributed by atoms with van der Waals surface area (Å²) >= 11 is 5.94. The fourth-order valence-corrected chi connectivity index (χ4v) is 5.17. The summed E-state index contributed by atoms with van der Waals surface area (Å²) in [5.41, 5.74) is 0.875. The molecular weight excluding hydrogens is 308 g/mol. The molecule has 1 saturated carbocycles. The van der Waals surface area contributed by atoms with Crippen molar-refractivity contribution in [2.75, 3.05) is 6.54 Å². The fourth-order valence-electron chi connectivity index (χ4n) is 3.18. The van der Waals surface area contributed by atoms with E-state index in [4.69, 9.17) is 11.6 Å². The Kier molecular flexibility index (Phi) is 5.74. The lowest BCUT2D eigenvalue weighted by Crippen LogP contribution is -2.38. The number of halogens is 1. The largest absolute Gasteiger partial charge is 0.349 e. The minimum Gasteiger partial charge on any atom is -0.349 e. The highest BCUT2D eigenvalue weighted by Gasteiger charge is 2.32. The van der Waals surface area contributed by atoms with Crippen molar-refractivity contribution in [1.29, 1.82) is 0 Å². The molecule has 120 valence electrons. The Balaban J connectivity index is 2.33. The summed E-state index contributed by atoms with van der Waals surface area (Å²) in [6.45, 7) is 5.32. The smallest absolute Gasteiger partial charge is 0.244 e. The lowest BCUT2D eigenvalue weighted by molar-refractivity contribution is 0.335. The second kappa shape index (κ2) is 7.16. The molecule has 0 amide bonds. The van der Waals surface area contributed by atoms with E-state index in [1.165, 1.54) is 0 Å². The summed E-state index contributed by atoms with van der Waals surface area (Å²) in [6, 6.07) is 1.89. The molecule has 4 nitrogen and oxygen atoms in total. The third-order valence-corrected chi connectivity index (χ3v) is 6.48. The molecule has 0 saturated heterocycles. The highest BCUT2D eigenvalue weighted by molar-refractivity contribution is 7.89. The minimum absolute atomic E-state index is 0.161. The van der Waals surface area contributed by atoms with Crippen LogP contribution in [0.3, 0.4) is 0 Å². The molecule has 0 N–H and O–H groups in total. The van der Waals surface area contributed by atoms with E-state index in [9.17, 15) is 8.42 Å². The summed E-state index contributed by atoms with van der Waals surface area (Å²) < 4.78 is 29.4. The molecule has 1 aliphatic rings. The SMILES string of the molecule is CCCn1cc(S(=O)(=O)N(CC)C2CCCC2)cc1CCl. The number of alkyl halides is 1. The van der Waals surface area contributed by atoms with Gasteiger partial charge in [-0.3, -0.25) is 0 Å². The predicted molar refractivity (Wildman–Crippen MR) is 86.1 cm³/mol. The Morgan fingerprint density at radius 1 is 1.33 bits per heavy atom. The van der Waals surface area contributed by atoms with Crippen LogP contribution in [0.4, 0.5) is 0 Å². The molecule has 0 spiro atoms. The maximum absolute atomic E-state index is 12.9. The van der Waals surface area contributed by atoms with Gasteiger partial charge in [-0.05, 0) is 25.3 Å². The van der Waals surface area contributed by atoms with Gasteiger partial charge in [-0.25, -0.2) is 8.42 Å². The molecule has 1 aromatic heterocycles. The summed E-state index contributed by atoms with van der Waals surface area (Å²) in [6.07, 6.45) is 6.91. The Hall–Kier alpha value is -0.520. The van der Waals surface area contributed by atoms with Crippen LogP contribution in [0.2, 0.25) is 0 Å². The Morgan fingerprint density at radius 3 is 2.52 bits per heavy atom. The molecule has 0 bridgehead atoms. The van der Waals surface area contributed by atoms with Gasteiger partial charge in [0, 0.05) is 31.0 Å². The van der Waals surface area contributed by atoms with Crippen LogP contribution >= 0.6 is 11.6 Å². The molecule has 6 heteroatoms. The zero-order valence-corrected chi connectivity index (χ0v) is 14.5. The van der Waals surface area contributed by atoms with E-state index < -0.39 is 10.0 Å². The lowest BCUT2D eigenvalue weighted by Gasteiger charge is -2.26. The first-order valence-corrected chi connectivity index (χ1v) is 9.78. The van der Waals surface area contributed by atoms with Crippen LogP contribution in [0.25, 0.3) is 0 Å². The van der Waals surface area contributed by atoms with Crippen LogP contribution in [-0.4, -0.2) is 29.9 Å². The van der Waals surface area contributed by atoms with Gasteiger partial charge in [0.1, 0.15) is 4.90 Å². The second-order valence-corrected chi connectivity index (χ2v) is 7.80. The number of aryl methyl sites for hydroxylation is 1. The summed E-state index contributed by atoms with van der Waals surface area (Å²) in [4.78, 5) is 0.389. The number of aromatic nitrogens is 1. The molecule has 1 fully saturated rings. The van der Waals surface area contributed by atoms with Gasteiger partial charge in [-0.1, -0.05) is 26.7 Å². The van der Waals surface area contributed by atoms with Crippen molar-refractivity contribution in [3.05, 3.63) is 18.0 Å². The van der Waals surface area contributed by atoms with Gasteiger partial charge in [0.2, 0.25) is 10.0 Å².